The summed E-state index contributed by atoms with van der Waals surface area (Å²) in [6.07, 6.45) is 0. The number of hydrogen-bond acceptors (Lipinski definition) is 4. The molecule has 0 bridgehead atoms. The maximum atomic E-state index is 12.8. The van der Waals surface area contributed by atoms with Crippen molar-refractivity contribution in [2.45, 2.75) is 26.1 Å². The van der Waals surface area contributed by atoms with Crippen molar-refractivity contribution >= 4 is 6.03 Å². The van der Waals surface area contributed by atoms with E-state index < -0.39 is 11.0 Å². The third-order valence-electron chi connectivity index (χ3n) is 5.40. The number of carbonyl (C=O) groups excluding carboxylic acids is 1. The van der Waals surface area contributed by atoms with E-state index in [2.05, 4.69) is 5.32 Å². The highest BCUT2D eigenvalue weighted by molar-refractivity contribution is 5.78. The Hall–Kier alpha value is -4.13. The van der Waals surface area contributed by atoms with Crippen molar-refractivity contribution < 1.29 is 14.5 Å². The Morgan fingerprint density at radius 2 is 1.53 bits per heavy atom. The number of carbonyl (C=O) groups is 1. The molecule has 3 aromatic carbocycles. The van der Waals surface area contributed by atoms with Gasteiger partial charge in [0, 0.05) is 0 Å². The molecule has 1 unspecified atom stereocenters. The first-order chi connectivity index (χ1) is 15.5. The van der Waals surface area contributed by atoms with Crippen LogP contribution < -0.4 is 10.1 Å². The molecule has 1 N–H and O–H groups in total. The van der Waals surface area contributed by atoms with E-state index in [1.807, 2.05) is 60.7 Å². The van der Waals surface area contributed by atoms with Crippen LogP contribution in [0, 0.1) is 10.1 Å². The van der Waals surface area contributed by atoms with Crippen LogP contribution in [0.4, 0.5) is 4.79 Å². The Balaban J connectivity index is 1.54. The molecule has 7 heteroatoms. The van der Waals surface area contributed by atoms with Gasteiger partial charge in [-0.05, 0) is 35.7 Å². The van der Waals surface area contributed by atoms with Crippen LogP contribution in [0.1, 0.15) is 29.7 Å². The topological polar surface area (TPSA) is 84.7 Å². The zero-order valence-electron chi connectivity index (χ0n) is 17.6. The fraction of sp³-hybridized carbons (Fsp3) is 0.160. The summed E-state index contributed by atoms with van der Waals surface area (Å²) in [6.45, 7) is 2.30. The molecule has 32 heavy (non-hydrogen) atoms. The molecule has 0 aromatic heterocycles. The number of allylic oxidation sites excluding steroid dienone is 1. The fourth-order valence-electron chi connectivity index (χ4n) is 3.70. The van der Waals surface area contributed by atoms with E-state index in [4.69, 9.17) is 4.74 Å². The molecule has 1 aliphatic rings. The molecular weight excluding hydrogens is 406 g/mol. The van der Waals surface area contributed by atoms with Crippen LogP contribution in [-0.2, 0) is 13.2 Å². The van der Waals surface area contributed by atoms with Crippen LogP contribution >= 0.6 is 0 Å². The zero-order chi connectivity index (χ0) is 22.5. The Morgan fingerprint density at radius 1 is 0.938 bits per heavy atom. The predicted molar refractivity (Wildman–Crippen MR) is 120 cm³/mol. The third kappa shape index (κ3) is 4.62. The van der Waals surface area contributed by atoms with Crippen LogP contribution in [-0.4, -0.2) is 15.9 Å². The molecule has 1 aliphatic heterocycles. The van der Waals surface area contributed by atoms with E-state index in [-0.39, 0.29) is 18.3 Å². The minimum absolute atomic E-state index is 0.0431. The predicted octanol–water partition coefficient (Wildman–Crippen LogP) is 5.04. The monoisotopic (exact) mass is 429 g/mol. The van der Waals surface area contributed by atoms with Gasteiger partial charge in [0.05, 0.1) is 17.2 Å². The number of benzene rings is 3. The number of nitro groups is 1. The first-order valence-corrected chi connectivity index (χ1v) is 10.3. The van der Waals surface area contributed by atoms with Gasteiger partial charge >= 0.3 is 6.03 Å². The first kappa shape index (κ1) is 21.1. The molecule has 162 valence electrons. The van der Waals surface area contributed by atoms with Crippen LogP contribution in [0.15, 0.2) is 96.3 Å². The number of nitrogens with zero attached hydrogens (tertiary/aromatic N) is 2. The van der Waals surface area contributed by atoms with Crippen molar-refractivity contribution in [1.82, 2.24) is 10.2 Å². The maximum Gasteiger partial charge on any atom is 0.323 e. The maximum absolute atomic E-state index is 12.8. The molecule has 0 saturated carbocycles. The Labute approximate surface area is 186 Å². The number of nitrogens with one attached hydrogen (secondary N) is 1. The van der Waals surface area contributed by atoms with E-state index in [0.29, 0.717) is 23.6 Å². The van der Waals surface area contributed by atoms with Crippen molar-refractivity contribution in [2.24, 2.45) is 0 Å². The largest absolute Gasteiger partial charge is 0.489 e. The molecular formula is C25H23N3O4. The molecule has 3 aromatic rings. The summed E-state index contributed by atoms with van der Waals surface area (Å²) in [5.41, 5.74) is 2.85. The van der Waals surface area contributed by atoms with Gasteiger partial charge in [-0.15, -0.1) is 0 Å². The number of hydrogen-bond donors (Lipinski definition) is 1. The number of urea groups is 1. The van der Waals surface area contributed by atoms with Crippen molar-refractivity contribution in [3.8, 4) is 5.75 Å². The van der Waals surface area contributed by atoms with Gasteiger partial charge in [0.2, 0.25) is 0 Å². The van der Waals surface area contributed by atoms with Gasteiger partial charge in [0.15, 0.2) is 0 Å². The summed E-state index contributed by atoms with van der Waals surface area (Å²) in [7, 11) is 0. The van der Waals surface area contributed by atoms with E-state index in [1.54, 1.807) is 31.2 Å². The van der Waals surface area contributed by atoms with E-state index >= 15 is 0 Å². The van der Waals surface area contributed by atoms with Gasteiger partial charge in [-0.3, -0.25) is 15.0 Å². The van der Waals surface area contributed by atoms with Crippen LogP contribution in [0.25, 0.3) is 0 Å². The van der Waals surface area contributed by atoms with Crippen molar-refractivity contribution in [3.63, 3.8) is 0 Å². The van der Waals surface area contributed by atoms with Gasteiger partial charge in [0.1, 0.15) is 18.4 Å². The molecule has 2 amide bonds. The third-order valence-corrected chi connectivity index (χ3v) is 5.40. The van der Waals surface area contributed by atoms with Crippen molar-refractivity contribution in [2.75, 3.05) is 0 Å². The lowest BCUT2D eigenvalue weighted by Gasteiger charge is -2.32. The summed E-state index contributed by atoms with van der Waals surface area (Å²) in [5, 5.41) is 14.7. The highest BCUT2D eigenvalue weighted by Crippen LogP contribution is 2.32. The minimum atomic E-state index is -0.840. The molecule has 1 atom stereocenters. The summed E-state index contributed by atoms with van der Waals surface area (Å²) in [6, 6.07) is 25.0. The second kappa shape index (κ2) is 9.34. The van der Waals surface area contributed by atoms with E-state index in [0.717, 1.165) is 11.1 Å². The van der Waals surface area contributed by atoms with E-state index in [9.17, 15) is 14.9 Å². The van der Waals surface area contributed by atoms with Crippen molar-refractivity contribution in [1.29, 1.82) is 0 Å². The minimum Gasteiger partial charge on any atom is -0.489 e. The van der Waals surface area contributed by atoms with Gasteiger partial charge in [-0.25, -0.2) is 4.79 Å². The van der Waals surface area contributed by atoms with E-state index in [1.165, 1.54) is 4.90 Å². The van der Waals surface area contributed by atoms with Gasteiger partial charge in [0.25, 0.3) is 5.70 Å². The molecule has 1 heterocycles. The SMILES string of the molecule is CC1=C([N+](=O)[O-])C(c2ccc(OCc3ccccc3)cc2)NC(=O)N1Cc1ccccc1. The highest BCUT2D eigenvalue weighted by atomic mass is 16.6. The standard InChI is InChI=1S/C25H23N3O4/c1-18-24(28(30)31)23(26-25(29)27(18)16-19-8-4-2-5-9-19)21-12-14-22(15-13-21)32-17-20-10-6-3-7-11-20/h2-15,23H,16-17H2,1H3,(H,26,29). The number of ether oxygens (including phenoxy) is 1. The zero-order valence-corrected chi connectivity index (χ0v) is 17.6. The molecule has 0 spiro atoms. The lowest BCUT2D eigenvalue weighted by Crippen LogP contribution is -2.47. The Bertz CT molecular complexity index is 1130. The summed E-state index contributed by atoms with van der Waals surface area (Å²) >= 11 is 0. The molecule has 0 saturated heterocycles. The highest BCUT2D eigenvalue weighted by Gasteiger charge is 2.39. The number of rotatable bonds is 7. The van der Waals surface area contributed by atoms with Crippen LogP contribution in [0.5, 0.6) is 5.75 Å². The average molecular weight is 429 g/mol. The summed E-state index contributed by atoms with van der Waals surface area (Å²) in [5.74, 6) is 0.647. The summed E-state index contributed by atoms with van der Waals surface area (Å²) in [4.78, 5) is 25.7. The lowest BCUT2D eigenvalue weighted by molar-refractivity contribution is -0.433. The molecule has 0 aliphatic carbocycles. The molecule has 0 radical (unpaired) electrons. The Morgan fingerprint density at radius 3 is 2.12 bits per heavy atom. The smallest absolute Gasteiger partial charge is 0.323 e. The quantitative estimate of drug-likeness (QED) is 0.421. The molecule has 0 fully saturated rings. The second-order valence-electron chi connectivity index (χ2n) is 7.53. The fourth-order valence-corrected chi connectivity index (χ4v) is 3.70. The van der Waals surface area contributed by atoms with Gasteiger partial charge < -0.3 is 10.1 Å². The van der Waals surface area contributed by atoms with Crippen molar-refractivity contribution in [3.05, 3.63) is 123 Å². The van der Waals surface area contributed by atoms with Crippen LogP contribution in [0.2, 0.25) is 0 Å². The van der Waals surface area contributed by atoms with Crippen LogP contribution in [0.3, 0.4) is 0 Å². The second-order valence-corrected chi connectivity index (χ2v) is 7.53. The van der Waals surface area contributed by atoms with Gasteiger partial charge in [-0.2, -0.15) is 0 Å². The first-order valence-electron chi connectivity index (χ1n) is 10.3. The number of amides is 2. The average Bonchev–Trinajstić information content (AvgIpc) is 2.81. The molecule has 7 nitrogen and oxygen atoms in total. The lowest BCUT2D eigenvalue weighted by atomic mass is 10.00. The molecule has 4 rings (SSSR count). The summed E-state index contributed by atoms with van der Waals surface area (Å²) < 4.78 is 5.79. The normalized spacial score (nSPS) is 16.0. The Kier molecular flexibility index (Phi) is 6.17. The van der Waals surface area contributed by atoms with Gasteiger partial charge in [-0.1, -0.05) is 72.8 Å².